The van der Waals surface area contributed by atoms with E-state index in [0.717, 1.165) is 12.0 Å². The van der Waals surface area contributed by atoms with Crippen molar-refractivity contribution in [1.82, 2.24) is 0 Å². The summed E-state index contributed by atoms with van der Waals surface area (Å²) < 4.78 is 4.59. The average Bonchev–Trinajstić information content (AvgIpc) is 1.87. The van der Waals surface area contributed by atoms with Gasteiger partial charge in [0.25, 0.3) is 6.47 Å². The van der Waals surface area contributed by atoms with Crippen LogP contribution < -0.4 is 0 Å². The number of carbonyl (C=O) groups excluding carboxylic acids is 1. The Bertz CT molecular complexity index is 125. The third-order valence-corrected chi connectivity index (χ3v) is 1.36. The van der Waals surface area contributed by atoms with Crippen LogP contribution in [0.25, 0.3) is 0 Å². The molecule has 52 valence electrons. The molecule has 0 aromatic carbocycles. The standard InChI is InChI=1S/C7H12O2/c1-4-6(2)7(3)9-5-8/h5H,4H2,1-3H3/b7-6-. The lowest BCUT2D eigenvalue weighted by Gasteiger charge is -2.00. The molecule has 0 spiro atoms. The van der Waals surface area contributed by atoms with Gasteiger partial charge in [-0.05, 0) is 25.8 Å². The second-order valence-corrected chi connectivity index (χ2v) is 1.90. The van der Waals surface area contributed by atoms with Crippen molar-refractivity contribution in [1.29, 1.82) is 0 Å². The molecule has 0 amide bonds. The lowest BCUT2D eigenvalue weighted by atomic mass is 10.2. The average molecular weight is 128 g/mol. The van der Waals surface area contributed by atoms with Crippen molar-refractivity contribution in [3.8, 4) is 0 Å². The molecule has 0 unspecified atom stereocenters. The first-order valence-electron chi connectivity index (χ1n) is 2.99. The van der Waals surface area contributed by atoms with Crippen LogP contribution in [0.1, 0.15) is 27.2 Å². The highest BCUT2D eigenvalue weighted by molar-refractivity contribution is 5.40. The fraction of sp³-hybridized carbons (Fsp3) is 0.571. The maximum absolute atomic E-state index is 9.78. The van der Waals surface area contributed by atoms with Crippen molar-refractivity contribution >= 4 is 6.47 Å². The van der Waals surface area contributed by atoms with Crippen LogP contribution >= 0.6 is 0 Å². The molecule has 0 bridgehead atoms. The van der Waals surface area contributed by atoms with Gasteiger partial charge in [0.2, 0.25) is 0 Å². The monoisotopic (exact) mass is 128 g/mol. The number of ether oxygens (including phenoxy) is 1. The largest absolute Gasteiger partial charge is 0.434 e. The maximum Gasteiger partial charge on any atom is 0.298 e. The summed E-state index contributed by atoms with van der Waals surface area (Å²) in [6, 6.07) is 0. The first-order chi connectivity index (χ1) is 4.22. The fourth-order valence-corrected chi connectivity index (χ4v) is 0.422. The highest BCUT2D eigenvalue weighted by Crippen LogP contribution is 2.06. The molecule has 9 heavy (non-hydrogen) atoms. The summed E-state index contributed by atoms with van der Waals surface area (Å²) in [7, 11) is 0. The summed E-state index contributed by atoms with van der Waals surface area (Å²) in [5.74, 6) is 0.715. The first kappa shape index (κ1) is 8.21. The van der Waals surface area contributed by atoms with E-state index >= 15 is 0 Å². The first-order valence-corrected chi connectivity index (χ1v) is 2.99. The van der Waals surface area contributed by atoms with Gasteiger partial charge in [-0.15, -0.1) is 0 Å². The fourth-order valence-electron chi connectivity index (χ4n) is 0.422. The highest BCUT2D eigenvalue weighted by atomic mass is 16.5. The van der Waals surface area contributed by atoms with Gasteiger partial charge in [0.15, 0.2) is 0 Å². The predicted octanol–water partition coefficient (Wildman–Crippen LogP) is 1.86. The van der Waals surface area contributed by atoms with Crippen molar-refractivity contribution < 1.29 is 9.53 Å². The number of rotatable bonds is 3. The lowest BCUT2D eigenvalue weighted by Crippen LogP contribution is -1.87. The molecule has 0 saturated heterocycles. The van der Waals surface area contributed by atoms with Gasteiger partial charge in [-0.1, -0.05) is 6.92 Å². The lowest BCUT2D eigenvalue weighted by molar-refractivity contribution is -0.125. The minimum atomic E-state index is 0.453. The van der Waals surface area contributed by atoms with Crippen LogP contribution in [0.15, 0.2) is 11.3 Å². The van der Waals surface area contributed by atoms with Crippen molar-refractivity contribution in [3.63, 3.8) is 0 Å². The highest BCUT2D eigenvalue weighted by Gasteiger charge is 1.92. The number of allylic oxidation sites excluding steroid dienone is 2. The van der Waals surface area contributed by atoms with Crippen LogP contribution in [-0.2, 0) is 9.53 Å². The Morgan fingerprint density at radius 2 is 2.11 bits per heavy atom. The predicted molar refractivity (Wildman–Crippen MR) is 35.8 cm³/mol. The van der Waals surface area contributed by atoms with Gasteiger partial charge in [-0.25, -0.2) is 0 Å². The molecule has 0 rings (SSSR count). The zero-order chi connectivity index (χ0) is 7.28. The van der Waals surface area contributed by atoms with E-state index in [0.29, 0.717) is 12.2 Å². The van der Waals surface area contributed by atoms with E-state index in [2.05, 4.69) is 4.74 Å². The SMILES string of the molecule is CC/C(C)=C(/C)OC=O. The van der Waals surface area contributed by atoms with Crippen molar-refractivity contribution in [2.24, 2.45) is 0 Å². The molecule has 0 aromatic rings. The summed E-state index contributed by atoms with van der Waals surface area (Å²) in [6.07, 6.45) is 0.930. The van der Waals surface area contributed by atoms with Crippen LogP contribution in [0.2, 0.25) is 0 Å². The van der Waals surface area contributed by atoms with Crippen molar-refractivity contribution in [3.05, 3.63) is 11.3 Å². The minimum Gasteiger partial charge on any atom is -0.434 e. The van der Waals surface area contributed by atoms with Crippen LogP contribution in [-0.4, -0.2) is 6.47 Å². The van der Waals surface area contributed by atoms with Gasteiger partial charge in [-0.3, -0.25) is 4.79 Å². The molecule has 0 atom stereocenters. The third-order valence-electron chi connectivity index (χ3n) is 1.36. The number of hydrogen-bond donors (Lipinski definition) is 0. The topological polar surface area (TPSA) is 26.3 Å². The van der Waals surface area contributed by atoms with Crippen LogP contribution in [0.5, 0.6) is 0 Å². The number of hydrogen-bond acceptors (Lipinski definition) is 2. The Morgan fingerprint density at radius 1 is 1.56 bits per heavy atom. The Morgan fingerprint density at radius 3 is 2.44 bits per heavy atom. The second-order valence-electron chi connectivity index (χ2n) is 1.90. The van der Waals surface area contributed by atoms with E-state index in [1.54, 1.807) is 6.92 Å². The van der Waals surface area contributed by atoms with E-state index in [-0.39, 0.29) is 0 Å². The zero-order valence-electron chi connectivity index (χ0n) is 6.10. The molecule has 0 aliphatic heterocycles. The molecule has 0 heterocycles. The molecule has 0 fully saturated rings. The molecule has 0 aromatic heterocycles. The normalized spacial score (nSPS) is 12.3. The van der Waals surface area contributed by atoms with Gasteiger partial charge in [0, 0.05) is 0 Å². The Kier molecular flexibility index (Phi) is 3.76. The second kappa shape index (κ2) is 4.13. The Balaban J connectivity index is 3.92. The minimum absolute atomic E-state index is 0.453. The zero-order valence-corrected chi connectivity index (χ0v) is 6.10. The van der Waals surface area contributed by atoms with E-state index in [4.69, 9.17) is 0 Å². The van der Waals surface area contributed by atoms with E-state index in [9.17, 15) is 4.79 Å². The summed E-state index contributed by atoms with van der Waals surface area (Å²) >= 11 is 0. The van der Waals surface area contributed by atoms with Gasteiger partial charge in [-0.2, -0.15) is 0 Å². The summed E-state index contributed by atoms with van der Waals surface area (Å²) in [5.41, 5.74) is 1.11. The van der Waals surface area contributed by atoms with Gasteiger partial charge in [0.1, 0.15) is 5.76 Å². The summed E-state index contributed by atoms with van der Waals surface area (Å²) in [6.45, 7) is 6.20. The molecule has 2 nitrogen and oxygen atoms in total. The van der Waals surface area contributed by atoms with Crippen LogP contribution in [0, 0.1) is 0 Å². The maximum atomic E-state index is 9.78. The van der Waals surface area contributed by atoms with Crippen molar-refractivity contribution in [2.45, 2.75) is 27.2 Å². The molecular weight excluding hydrogens is 116 g/mol. The molecule has 0 N–H and O–H groups in total. The van der Waals surface area contributed by atoms with E-state index in [1.165, 1.54) is 0 Å². The quantitative estimate of drug-likeness (QED) is 0.428. The smallest absolute Gasteiger partial charge is 0.298 e. The third kappa shape index (κ3) is 2.90. The molecule has 0 aliphatic rings. The van der Waals surface area contributed by atoms with Crippen LogP contribution in [0.3, 0.4) is 0 Å². The molecule has 0 saturated carbocycles. The van der Waals surface area contributed by atoms with E-state index in [1.807, 2.05) is 13.8 Å². The molecule has 0 aliphatic carbocycles. The van der Waals surface area contributed by atoms with Gasteiger partial charge < -0.3 is 4.74 Å². The van der Waals surface area contributed by atoms with E-state index < -0.39 is 0 Å². The summed E-state index contributed by atoms with van der Waals surface area (Å²) in [5, 5.41) is 0. The summed E-state index contributed by atoms with van der Waals surface area (Å²) in [4.78, 5) is 9.78. The Hall–Kier alpha value is -0.790. The van der Waals surface area contributed by atoms with Gasteiger partial charge in [0.05, 0.1) is 0 Å². The van der Waals surface area contributed by atoms with Crippen molar-refractivity contribution in [2.75, 3.05) is 0 Å². The molecule has 0 radical (unpaired) electrons. The Labute approximate surface area is 55.5 Å². The molecule has 2 heteroatoms. The van der Waals surface area contributed by atoms with Crippen LogP contribution in [0.4, 0.5) is 0 Å². The molecular formula is C7H12O2. The van der Waals surface area contributed by atoms with Gasteiger partial charge >= 0.3 is 0 Å². The number of carbonyl (C=O) groups is 1.